The van der Waals surface area contributed by atoms with E-state index in [2.05, 4.69) is 12.0 Å². The van der Waals surface area contributed by atoms with E-state index < -0.39 is 0 Å². The van der Waals surface area contributed by atoms with Gasteiger partial charge in [0.05, 0.1) is 16.9 Å². The van der Waals surface area contributed by atoms with Gasteiger partial charge in [-0.05, 0) is 26.3 Å². The smallest absolute Gasteiger partial charge is 0.246 e. The van der Waals surface area contributed by atoms with E-state index in [1.807, 2.05) is 18.5 Å². The normalized spacial score (nSPS) is 11.2. The molecule has 0 saturated heterocycles. The van der Waals surface area contributed by atoms with E-state index in [1.165, 1.54) is 0 Å². The Morgan fingerprint density at radius 2 is 2.11 bits per heavy atom. The van der Waals surface area contributed by atoms with Crippen LogP contribution in [0.5, 0.6) is 0 Å². The Balaban J connectivity index is 2.80. The average Bonchev–Trinajstić information content (AvgIpc) is 2.76. The number of carbonyl (C=O) groups excluding carboxylic acids is 1. The lowest BCUT2D eigenvalue weighted by Crippen LogP contribution is -2.28. The molecule has 0 fully saturated rings. The standard InChI is InChI=1S/C14H22ClN3O/c1-4-7-10-18-13(12(15)11-16-18)8-9-14(19)17(5-2)6-3/h8-9,11H,4-7,10H2,1-3H3/b9-8+. The van der Waals surface area contributed by atoms with E-state index in [4.69, 9.17) is 11.6 Å². The first kappa shape index (κ1) is 15.8. The van der Waals surface area contributed by atoms with Gasteiger partial charge in [-0.15, -0.1) is 0 Å². The van der Waals surface area contributed by atoms with Crippen molar-refractivity contribution in [2.45, 2.75) is 40.2 Å². The van der Waals surface area contributed by atoms with Crippen molar-refractivity contribution in [1.29, 1.82) is 0 Å². The Labute approximate surface area is 120 Å². The molecule has 0 N–H and O–H groups in total. The van der Waals surface area contributed by atoms with Crippen LogP contribution in [0.1, 0.15) is 39.3 Å². The number of amides is 1. The minimum absolute atomic E-state index is 0.00399. The van der Waals surface area contributed by atoms with E-state index in [-0.39, 0.29) is 5.91 Å². The molecule has 1 heterocycles. The molecule has 0 aromatic carbocycles. The highest BCUT2D eigenvalue weighted by Gasteiger charge is 2.08. The molecule has 1 amide bonds. The van der Waals surface area contributed by atoms with Crippen molar-refractivity contribution in [3.05, 3.63) is 23.0 Å². The molecule has 0 unspecified atom stereocenters. The molecule has 19 heavy (non-hydrogen) atoms. The molecular weight excluding hydrogens is 262 g/mol. The first-order valence-electron chi connectivity index (χ1n) is 6.82. The minimum Gasteiger partial charge on any atom is -0.340 e. The van der Waals surface area contributed by atoms with Gasteiger partial charge in [0.2, 0.25) is 5.91 Å². The zero-order valence-corrected chi connectivity index (χ0v) is 12.7. The van der Waals surface area contributed by atoms with Gasteiger partial charge < -0.3 is 4.90 Å². The summed E-state index contributed by atoms with van der Waals surface area (Å²) in [6.45, 7) is 8.30. The first-order valence-corrected chi connectivity index (χ1v) is 7.20. The summed E-state index contributed by atoms with van der Waals surface area (Å²) in [7, 11) is 0. The third-order valence-electron chi connectivity index (χ3n) is 3.02. The molecule has 106 valence electrons. The Hall–Kier alpha value is -1.29. The molecule has 1 aromatic heterocycles. The number of unbranched alkanes of at least 4 members (excludes halogenated alkanes) is 1. The Morgan fingerprint density at radius 1 is 1.42 bits per heavy atom. The Morgan fingerprint density at radius 3 is 2.68 bits per heavy atom. The van der Waals surface area contributed by atoms with Crippen molar-refractivity contribution >= 4 is 23.6 Å². The number of carbonyl (C=O) groups is 1. The quantitative estimate of drug-likeness (QED) is 0.721. The number of hydrogen-bond donors (Lipinski definition) is 0. The van der Waals surface area contributed by atoms with Gasteiger partial charge in [0, 0.05) is 25.7 Å². The van der Waals surface area contributed by atoms with Gasteiger partial charge in [0.15, 0.2) is 0 Å². The minimum atomic E-state index is 0.00399. The Kier molecular flexibility index (Phi) is 6.64. The number of aryl methyl sites for hydroxylation is 1. The van der Waals surface area contributed by atoms with Crippen LogP contribution in [-0.4, -0.2) is 33.7 Å². The SMILES string of the molecule is CCCCn1ncc(Cl)c1/C=C/C(=O)N(CC)CC. The number of hydrogen-bond acceptors (Lipinski definition) is 2. The lowest BCUT2D eigenvalue weighted by atomic mass is 10.3. The van der Waals surface area contributed by atoms with Gasteiger partial charge >= 0.3 is 0 Å². The molecule has 4 nitrogen and oxygen atoms in total. The monoisotopic (exact) mass is 283 g/mol. The molecule has 0 spiro atoms. The largest absolute Gasteiger partial charge is 0.340 e. The van der Waals surface area contributed by atoms with Crippen molar-refractivity contribution in [2.24, 2.45) is 0 Å². The maximum absolute atomic E-state index is 11.9. The fourth-order valence-electron chi connectivity index (χ4n) is 1.81. The zero-order valence-electron chi connectivity index (χ0n) is 11.9. The predicted molar refractivity (Wildman–Crippen MR) is 79.1 cm³/mol. The second-order valence-electron chi connectivity index (χ2n) is 4.30. The summed E-state index contributed by atoms with van der Waals surface area (Å²) < 4.78 is 1.85. The van der Waals surface area contributed by atoms with Gasteiger partial charge in [-0.1, -0.05) is 24.9 Å². The van der Waals surface area contributed by atoms with Crippen LogP contribution < -0.4 is 0 Å². The summed E-state index contributed by atoms with van der Waals surface area (Å²) >= 11 is 6.10. The third kappa shape index (κ3) is 4.39. The molecule has 0 aliphatic rings. The summed E-state index contributed by atoms with van der Waals surface area (Å²) in [5.74, 6) is 0.00399. The number of aromatic nitrogens is 2. The van der Waals surface area contributed by atoms with Crippen LogP contribution in [0.2, 0.25) is 5.02 Å². The van der Waals surface area contributed by atoms with Crippen LogP contribution >= 0.6 is 11.6 Å². The molecule has 0 bridgehead atoms. The lowest BCUT2D eigenvalue weighted by Gasteiger charge is -2.15. The van der Waals surface area contributed by atoms with Crippen molar-refractivity contribution in [3.63, 3.8) is 0 Å². The maximum Gasteiger partial charge on any atom is 0.246 e. The summed E-state index contributed by atoms with van der Waals surface area (Å²) in [4.78, 5) is 13.7. The molecule has 0 saturated carbocycles. The van der Waals surface area contributed by atoms with E-state index in [9.17, 15) is 4.79 Å². The van der Waals surface area contributed by atoms with Crippen LogP contribution in [0, 0.1) is 0 Å². The van der Waals surface area contributed by atoms with Crippen LogP contribution in [0.3, 0.4) is 0 Å². The molecule has 1 aromatic rings. The molecule has 1 rings (SSSR count). The molecule has 0 radical (unpaired) electrons. The van der Waals surface area contributed by atoms with Crippen LogP contribution in [0.25, 0.3) is 6.08 Å². The van der Waals surface area contributed by atoms with E-state index in [1.54, 1.807) is 23.2 Å². The summed E-state index contributed by atoms with van der Waals surface area (Å²) in [6.07, 6.45) is 7.09. The zero-order chi connectivity index (χ0) is 14.3. The lowest BCUT2D eigenvalue weighted by molar-refractivity contribution is -0.125. The van der Waals surface area contributed by atoms with Crippen molar-refractivity contribution in [1.82, 2.24) is 14.7 Å². The average molecular weight is 284 g/mol. The van der Waals surface area contributed by atoms with Gasteiger partial charge in [-0.2, -0.15) is 5.10 Å². The van der Waals surface area contributed by atoms with Crippen LogP contribution in [0.15, 0.2) is 12.3 Å². The molecule has 5 heteroatoms. The highest BCUT2D eigenvalue weighted by molar-refractivity contribution is 6.31. The molecule has 0 aliphatic heterocycles. The highest BCUT2D eigenvalue weighted by Crippen LogP contribution is 2.17. The van der Waals surface area contributed by atoms with Crippen LogP contribution in [0.4, 0.5) is 0 Å². The number of likely N-dealkylation sites (N-methyl/N-ethyl adjacent to an activating group) is 1. The fraction of sp³-hybridized carbons (Fsp3) is 0.571. The number of rotatable bonds is 7. The molecular formula is C14H22ClN3O. The van der Waals surface area contributed by atoms with E-state index in [0.29, 0.717) is 18.1 Å². The molecule has 0 aliphatic carbocycles. The number of nitrogens with zero attached hydrogens (tertiary/aromatic N) is 3. The third-order valence-corrected chi connectivity index (χ3v) is 3.31. The van der Waals surface area contributed by atoms with E-state index >= 15 is 0 Å². The van der Waals surface area contributed by atoms with Crippen molar-refractivity contribution in [2.75, 3.05) is 13.1 Å². The summed E-state index contributed by atoms with van der Waals surface area (Å²) in [5.41, 5.74) is 0.802. The summed E-state index contributed by atoms with van der Waals surface area (Å²) in [6, 6.07) is 0. The van der Waals surface area contributed by atoms with Gasteiger partial charge in [-0.3, -0.25) is 9.48 Å². The number of halogens is 1. The fourth-order valence-corrected chi connectivity index (χ4v) is 2.02. The van der Waals surface area contributed by atoms with Gasteiger partial charge in [-0.25, -0.2) is 0 Å². The second kappa shape index (κ2) is 8.00. The van der Waals surface area contributed by atoms with Crippen LogP contribution in [-0.2, 0) is 11.3 Å². The highest BCUT2D eigenvalue weighted by atomic mass is 35.5. The van der Waals surface area contributed by atoms with Crippen molar-refractivity contribution < 1.29 is 4.79 Å². The first-order chi connectivity index (χ1) is 9.13. The van der Waals surface area contributed by atoms with E-state index in [0.717, 1.165) is 25.1 Å². The summed E-state index contributed by atoms with van der Waals surface area (Å²) in [5, 5.41) is 4.81. The van der Waals surface area contributed by atoms with Gasteiger partial charge in [0.1, 0.15) is 0 Å². The maximum atomic E-state index is 11.9. The van der Waals surface area contributed by atoms with Gasteiger partial charge in [0.25, 0.3) is 0 Å². The molecule has 0 atom stereocenters. The predicted octanol–water partition coefficient (Wildman–Crippen LogP) is 3.22. The Bertz CT molecular complexity index is 436. The van der Waals surface area contributed by atoms with Crippen molar-refractivity contribution in [3.8, 4) is 0 Å². The topological polar surface area (TPSA) is 38.1 Å². The second-order valence-corrected chi connectivity index (χ2v) is 4.71.